The molecule has 1 heterocycles. The van der Waals surface area contributed by atoms with E-state index in [9.17, 15) is 5.11 Å². The number of aliphatic hydroxyl groups is 1. The number of fused-ring (bicyclic) bond motifs is 1. The van der Waals surface area contributed by atoms with Gasteiger partial charge in [-0.2, -0.15) is 0 Å². The molecule has 4 heteroatoms. The SMILES string of the molecule is OC12CCCCC1C(c1cccc(Oc3ccc(Cl)cc3)c1)NCC2. The zero-order valence-electron chi connectivity index (χ0n) is 14.2. The van der Waals surface area contributed by atoms with Crippen LogP contribution in [0, 0.1) is 5.92 Å². The van der Waals surface area contributed by atoms with Crippen LogP contribution in [0.2, 0.25) is 5.02 Å². The second-order valence-electron chi connectivity index (χ2n) is 7.27. The number of benzene rings is 2. The lowest BCUT2D eigenvalue weighted by molar-refractivity contribution is -0.0861. The van der Waals surface area contributed by atoms with Crippen molar-refractivity contribution in [2.45, 2.75) is 43.7 Å². The van der Waals surface area contributed by atoms with Crippen LogP contribution in [0.25, 0.3) is 0 Å². The molecule has 3 unspecified atom stereocenters. The summed E-state index contributed by atoms with van der Waals surface area (Å²) < 4.78 is 5.98. The Morgan fingerprint density at radius 1 is 1.04 bits per heavy atom. The van der Waals surface area contributed by atoms with Crippen LogP contribution in [0.5, 0.6) is 11.5 Å². The van der Waals surface area contributed by atoms with Crippen LogP contribution in [0.15, 0.2) is 48.5 Å². The Bertz CT molecular complexity index is 729. The van der Waals surface area contributed by atoms with Gasteiger partial charge in [-0.1, -0.05) is 36.6 Å². The molecule has 132 valence electrons. The normalized spacial score (nSPS) is 29.0. The predicted molar refractivity (Wildman–Crippen MR) is 100 cm³/mol. The summed E-state index contributed by atoms with van der Waals surface area (Å²) in [6.07, 6.45) is 5.20. The summed E-state index contributed by atoms with van der Waals surface area (Å²) in [5.41, 5.74) is 0.679. The number of hydrogen-bond acceptors (Lipinski definition) is 3. The lowest BCUT2D eigenvalue weighted by Gasteiger charge is -2.48. The summed E-state index contributed by atoms with van der Waals surface area (Å²) in [6.45, 7) is 0.861. The van der Waals surface area contributed by atoms with Crippen LogP contribution in [0.1, 0.15) is 43.7 Å². The first-order valence-electron chi connectivity index (χ1n) is 9.13. The van der Waals surface area contributed by atoms with Crippen molar-refractivity contribution in [3.63, 3.8) is 0 Å². The van der Waals surface area contributed by atoms with Crippen LogP contribution in [-0.4, -0.2) is 17.3 Å². The summed E-state index contributed by atoms with van der Waals surface area (Å²) in [4.78, 5) is 0. The van der Waals surface area contributed by atoms with E-state index in [1.165, 1.54) is 12.0 Å². The minimum Gasteiger partial charge on any atom is -0.457 e. The van der Waals surface area contributed by atoms with Gasteiger partial charge in [0.2, 0.25) is 0 Å². The van der Waals surface area contributed by atoms with E-state index in [1.807, 2.05) is 36.4 Å². The second-order valence-corrected chi connectivity index (χ2v) is 7.70. The average molecular weight is 358 g/mol. The number of rotatable bonds is 3. The van der Waals surface area contributed by atoms with Gasteiger partial charge in [-0.3, -0.25) is 0 Å². The quantitative estimate of drug-likeness (QED) is 0.804. The fraction of sp³-hybridized carbons (Fsp3) is 0.429. The van der Waals surface area contributed by atoms with E-state index < -0.39 is 5.60 Å². The molecule has 2 aromatic rings. The van der Waals surface area contributed by atoms with Crippen molar-refractivity contribution in [2.24, 2.45) is 5.92 Å². The molecule has 0 bridgehead atoms. The van der Waals surface area contributed by atoms with Gasteiger partial charge in [0.1, 0.15) is 11.5 Å². The maximum Gasteiger partial charge on any atom is 0.127 e. The molecule has 2 aliphatic rings. The van der Waals surface area contributed by atoms with Gasteiger partial charge in [0.05, 0.1) is 5.60 Å². The first-order chi connectivity index (χ1) is 12.1. The highest BCUT2D eigenvalue weighted by Gasteiger charge is 2.45. The third kappa shape index (κ3) is 3.55. The van der Waals surface area contributed by atoms with Crippen molar-refractivity contribution in [1.29, 1.82) is 0 Å². The summed E-state index contributed by atoms with van der Waals surface area (Å²) >= 11 is 5.93. The first-order valence-corrected chi connectivity index (χ1v) is 9.51. The third-order valence-electron chi connectivity index (χ3n) is 5.66. The maximum absolute atomic E-state index is 11.1. The fourth-order valence-electron chi connectivity index (χ4n) is 4.38. The van der Waals surface area contributed by atoms with E-state index >= 15 is 0 Å². The summed E-state index contributed by atoms with van der Waals surface area (Å²) in [6, 6.07) is 15.8. The molecule has 2 fully saturated rings. The number of ether oxygens (including phenoxy) is 1. The van der Waals surface area contributed by atoms with Crippen LogP contribution in [0.3, 0.4) is 0 Å². The molecule has 4 rings (SSSR count). The maximum atomic E-state index is 11.1. The minimum absolute atomic E-state index is 0.188. The van der Waals surface area contributed by atoms with Gasteiger partial charge < -0.3 is 15.2 Å². The molecule has 3 atom stereocenters. The number of piperidine rings is 1. The van der Waals surface area contributed by atoms with Crippen molar-refractivity contribution in [1.82, 2.24) is 5.32 Å². The van der Waals surface area contributed by atoms with Crippen molar-refractivity contribution >= 4 is 11.6 Å². The molecule has 0 amide bonds. The Kier molecular flexibility index (Phi) is 4.72. The second kappa shape index (κ2) is 6.99. The zero-order valence-corrected chi connectivity index (χ0v) is 15.0. The molecule has 25 heavy (non-hydrogen) atoms. The van der Waals surface area contributed by atoms with Crippen molar-refractivity contribution in [2.75, 3.05) is 6.54 Å². The molecule has 1 saturated heterocycles. The highest BCUT2D eigenvalue weighted by molar-refractivity contribution is 6.30. The molecular weight excluding hydrogens is 334 g/mol. The fourth-order valence-corrected chi connectivity index (χ4v) is 4.51. The summed E-state index contributed by atoms with van der Waals surface area (Å²) in [5, 5.41) is 15.4. The van der Waals surface area contributed by atoms with E-state index in [0.29, 0.717) is 5.02 Å². The number of nitrogens with one attached hydrogen (secondary N) is 1. The van der Waals surface area contributed by atoms with Crippen molar-refractivity contribution in [3.8, 4) is 11.5 Å². The molecule has 0 aromatic heterocycles. The van der Waals surface area contributed by atoms with Gasteiger partial charge in [0.25, 0.3) is 0 Å². The third-order valence-corrected chi connectivity index (χ3v) is 5.91. The van der Waals surface area contributed by atoms with Crippen molar-refractivity contribution < 1.29 is 9.84 Å². The standard InChI is InChI=1S/C21H24ClNO2/c22-16-7-9-17(10-8-16)25-18-5-3-4-15(14-18)20-19-6-1-2-11-21(19,24)12-13-23-20/h3-5,7-10,14,19-20,23-24H,1-2,6,11-13H2. The number of hydrogen-bond donors (Lipinski definition) is 2. The highest BCUT2D eigenvalue weighted by Crippen LogP contribution is 2.46. The molecule has 0 radical (unpaired) electrons. The number of halogens is 1. The largest absolute Gasteiger partial charge is 0.457 e. The highest BCUT2D eigenvalue weighted by atomic mass is 35.5. The van der Waals surface area contributed by atoms with Gasteiger partial charge in [-0.15, -0.1) is 0 Å². The Balaban J connectivity index is 1.57. The zero-order chi connectivity index (χ0) is 17.3. The molecule has 1 saturated carbocycles. The minimum atomic E-state index is -0.513. The smallest absolute Gasteiger partial charge is 0.127 e. The van der Waals surface area contributed by atoms with E-state index in [2.05, 4.69) is 17.4 Å². The lowest BCUT2D eigenvalue weighted by atomic mass is 9.67. The van der Waals surface area contributed by atoms with E-state index in [0.717, 1.165) is 43.7 Å². The Morgan fingerprint density at radius 2 is 1.88 bits per heavy atom. The van der Waals surface area contributed by atoms with Gasteiger partial charge in [-0.25, -0.2) is 0 Å². The Morgan fingerprint density at radius 3 is 2.72 bits per heavy atom. The van der Waals surface area contributed by atoms with Crippen LogP contribution >= 0.6 is 11.6 Å². The van der Waals surface area contributed by atoms with E-state index in [1.54, 1.807) is 0 Å². The molecule has 1 aliphatic heterocycles. The van der Waals surface area contributed by atoms with Gasteiger partial charge in [0, 0.05) is 17.0 Å². The van der Waals surface area contributed by atoms with Crippen LogP contribution < -0.4 is 10.1 Å². The van der Waals surface area contributed by atoms with Gasteiger partial charge in [0.15, 0.2) is 0 Å². The monoisotopic (exact) mass is 357 g/mol. The van der Waals surface area contributed by atoms with E-state index in [4.69, 9.17) is 16.3 Å². The molecule has 2 N–H and O–H groups in total. The average Bonchev–Trinajstić information content (AvgIpc) is 2.63. The summed E-state index contributed by atoms with van der Waals surface area (Å²) in [7, 11) is 0. The topological polar surface area (TPSA) is 41.5 Å². The van der Waals surface area contributed by atoms with Crippen molar-refractivity contribution in [3.05, 3.63) is 59.1 Å². The Labute approximate surface area is 154 Å². The summed E-state index contributed by atoms with van der Waals surface area (Å²) in [5.74, 6) is 1.86. The van der Waals surface area contributed by atoms with Crippen LogP contribution in [-0.2, 0) is 0 Å². The Hall–Kier alpha value is -1.55. The molecule has 3 nitrogen and oxygen atoms in total. The molecule has 0 spiro atoms. The molecule has 1 aliphatic carbocycles. The lowest BCUT2D eigenvalue weighted by Crippen LogP contribution is -2.53. The van der Waals surface area contributed by atoms with E-state index in [-0.39, 0.29) is 12.0 Å². The molecular formula is C21H24ClNO2. The first kappa shape index (κ1) is 16.9. The van der Waals surface area contributed by atoms with Gasteiger partial charge >= 0.3 is 0 Å². The predicted octanol–water partition coefficient (Wildman–Crippen LogP) is 5.09. The van der Waals surface area contributed by atoms with Crippen LogP contribution in [0.4, 0.5) is 0 Å². The molecule has 2 aromatic carbocycles. The van der Waals surface area contributed by atoms with Gasteiger partial charge in [-0.05, 0) is 67.8 Å².